The van der Waals surface area contributed by atoms with Crippen LogP contribution in [0.1, 0.15) is 77.5 Å². The van der Waals surface area contributed by atoms with Crippen molar-refractivity contribution in [1.82, 2.24) is 25.4 Å². The quantitative estimate of drug-likeness (QED) is 0.0987. The molecule has 11 heteroatoms. The number of carbonyl (C=O) groups excluding carboxylic acids is 2. The maximum atomic E-state index is 15.1. The second-order valence-corrected chi connectivity index (χ2v) is 10.7. The molecule has 1 aromatic rings. The topological polar surface area (TPSA) is 123 Å². The van der Waals surface area contributed by atoms with E-state index in [0.29, 0.717) is 29.8 Å². The van der Waals surface area contributed by atoms with E-state index < -0.39 is 17.6 Å². The minimum absolute atomic E-state index is 0.0691. The van der Waals surface area contributed by atoms with E-state index in [1.807, 2.05) is 7.05 Å². The van der Waals surface area contributed by atoms with Gasteiger partial charge in [-0.15, -0.1) is 0 Å². The lowest BCUT2D eigenvalue weighted by Gasteiger charge is -2.22. The molecule has 0 unspecified atom stereocenters. The molecule has 4 N–H and O–H groups in total. The number of aromatic nitrogens is 2. The van der Waals surface area contributed by atoms with E-state index in [9.17, 15) is 14.8 Å². The zero-order valence-corrected chi connectivity index (χ0v) is 22.9. The van der Waals surface area contributed by atoms with Crippen molar-refractivity contribution < 1.29 is 19.2 Å². The Kier molecular flexibility index (Phi) is 13.6. The third-order valence-corrected chi connectivity index (χ3v) is 6.87. The van der Waals surface area contributed by atoms with Crippen molar-refractivity contribution >= 4 is 24.0 Å². The van der Waals surface area contributed by atoms with Crippen molar-refractivity contribution in [2.45, 2.75) is 78.6 Å². The number of nitrogens with one attached hydrogen (secondary N) is 3. The number of aryl methyl sites for hydroxylation is 1. The Morgan fingerprint density at radius 3 is 2.54 bits per heavy atom. The molecule has 0 saturated heterocycles. The number of hydrazine groups is 1. The monoisotopic (exact) mass is 523 g/mol. The van der Waals surface area contributed by atoms with Crippen molar-refractivity contribution in [2.75, 3.05) is 44.0 Å². The van der Waals surface area contributed by atoms with E-state index in [0.717, 1.165) is 51.1 Å². The maximum absolute atomic E-state index is 15.1. The van der Waals surface area contributed by atoms with Crippen LogP contribution in [0.2, 0.25) is 0 Å². The minimum Gasteiger partial charge on any atom is -0.366 e. The molecule has 2 rings (SSSR count). The second-order valence-electron chi connectivity index (χ2n) is 10.7. The van der Waals surface area contributed by atoms with Gasteiger partial charge < -0.3 is 10.2 Å². The Hall–Kier alpha value is -2.53. The van der Waals surface area contributed by atoms with Crippen molar-refractivity contribution in [1.29, 1.82) is 0 Å². The van der Waals surface area contributed by atoms with Crippen LogP contribution in [0.15, 0.2) is 0 Å². The third kappa shape index (κ3) is 11.6. The molecule has 1 saturated carbocycles. The van der Waals surface area contributed by atoms with Gasteiger partial charge in [0.25, 0.3) is 0 Å². The first kappa shape index (κ1) is 30.7. The fourth-order valence-electron chi connectivity index (χ4n) is 4.75. The van der Waals surface area contributed by atoms with E-state index in [1.54, 1.807) is 6.92 Å². The van der Waals surface area contributed by atoms with Gasteiger partial charge in [0, 0.05) is 13.1 Å². The molecule has 1 aliphatic rings. The van der Waals surface area contributed by atoms with Gasteiger partial charge in [-0.1, -0.05) is 58.8 Å². The fourth-order valence-corrected chi connectivity index (χ4v) is 4.75. The highest BCUT2D eigenvalue weighted by Gasteiger charge is 2.27. The van der Waals surface area contributed by atoms with Crippen LogP contribution in [0.25, 0.3) is 0 Å². The summed E-state index contributed by atoms with van der Waals surface area (Å²) in [5.74, 6) is -0.369. The van der Waals surface area contributed by atoms with Crippen molar-refractivity contribution in [3.63, 3.8) is 0 Å². The van der Waals surface area contributed by atoms with Crippen molar-refractivity contribution in [2.24, 2.45) is 17.8 Å². The predicted molar refractivity (Wildman–Crippen MR) is 142 cm³/mol. The smallest absolute Gasteiger partial charge is 0.243 e. The number of halogens is 1. The number of anilines is 2. The highest BCUT2D eigenvalue weighted by molar-refractivity contribution is 5.80. The van der Waals surface area contributed by atoms with Gasteiger partial charge in [0.2, 0.25) is 18.1 Å². The fraction of sp³-hybridized carbons (Fsp3) is 0.769. The maximum Gasteiger partial charge on any atom is 0.243 e. The number of likely N-dealkylation sites (N-methyl/N-ethyl adjacent to an activating group) is 1. The molecule has 210 valence electrons. The number of carbonyl (C=O) groups is 2. The Bertz CT molecular complexity index is 837. The lowest BCUT2D eigenvalue weighted by molar-refractivity contribution is -0.154. The molecule has 37 heavy (non-hydrogen) atoms. The van der Waals surface area contributed by atoms with Gasteiger partial charge in [-0.2, -0.15) is 4.39 Å². The van der Waals surface area contributed by atoms with Gasteiger partial charge in [-0.25, -0.2) is 15.0 Å². The lowest BCUT2D eigenvalue weighted by Crippen LogP contribution is -2.41. The summed E-state index contributed by atoms with van der Waals surface area (Å²) in [6.07, 6.45) is 9.94. The van der Waals surface area contributed by atoms with E-state index >= 15 is 4.39 Å². The highest BCUT2D eigenvalue weighted by atomic mass is 19.1. The van der Waals surface area contributed by atoms with Crippen LogP contribution < -0.4 is 16.2 Å². The van der Waals surface area contributed by atoms with Crippen LogP contribution in [-0.4, -0.2) is 70.7 Å². The predicted octanol–water partition coefficient (Wildman–Crippen LogP) is 3.97. The summed E-state index contributed by atoms with van der Waals surface area (Å²) in [6, 6.07) is 0. The summed E-state index contributed by atoms with van der Waals surface area (Å²) in [5, 5.41) is 13.1. The standard InChI is InChI=1S/C26H46FN7O3/c1-19(2)10-6-5-9-14-33(4)15-13-28-24-23(27)25(30-20(3)29-24)31-32-26(36)22(17-34(37)18-35)16-21-11-7-8-12-21/h18-19,21-22,37H,5-17H2,1-4H3,(H,32,36)(H2,28,29,30,31)/t22-/m1/s1. The molecule has 10 nitrogen and oxygen atoms in total. The first-order valence-corrected chi connectivity index (χ1v) is 13.6. The molecular formula is C26H46FN7O3. The zero-order chi connectivity index (χ0) is 27.2. The molecule has 0 spiro atoms. The van der Waals surface area contributed by atoms with Gasteiger partial charge in [-0.05, 0) is 45.2 Å². The van der Waals surface area contributed by atoms with Crippen LogP contribution >= 0.6 is 0 Å². The number of hydrogen-bond donors (Lipinski definition) is 4. The number of hydrogen-bond acceptors (Lipinski definition) is 8. The second kappa shape index (κ2) is 16.3. The summed E-state index contributed by atoms with van der Waals surface area (Å²) >= 11 is 0. The Balaban J connectivity index is 1.86. The lowest BCUT2D eigenvalue weighted by atomic mass is 9.92. The van der Waals surface area contributed by atoms with Crippen molar-refractivity contribution in [3.05, 3.63) is 11.6 Å². The molecule has 0 aromatic carbocycles. The van der Waals surface area contributed by atoms with E-state index in [4.69, 9.17) is 0 Å². The molecular weight excluding hydrogens is 477 g/mol. The molecule has 0 aliphatic heterocycles. The normalized spacial score (nSPS) is 14.7. The van der Waals surface area contributed by atoms with E-state index in [2.05, 4.69) is 44.9 Å². The van der Waals surface area contributed by atoms with Gasteiger partial charge in [0.15, 0.2) is 11.6 Å². The molecule has 1 aromatic heterocycles. The SMILES string of the molecule is Cc1nc(NCCN(C)CCCCCC(C)C)c(F)c(NNC(=O)[C@H](CC2CCCC2)CN(O)C=O)n1. The van der Waals surface area contributed by atoms with Crippen molar-refractivity contribution in [3.8, 4) is 0 Å². The largest absolute Gasteiger partial charge is 0.366 e. The summed E-state index contributed by atoms with van der Waals surface area (Å²) in [4.78, 5) is 34.2. The Labute approximate surface area is 220 Å². The number of rotatable bonds is 18. The zero-order valence-electron chi connectivity index (χ0n) is 22.9. The third-order valence-electron chi connectivity index (χ3n) is 6.87. The number of amides is 2. The first-order valence-electron chi connectivity index (χ1n) is 13.6. The first-order chi connectivity index (χ1) is 17.7. The molecule has 2 amide bonds. The Morgan fingerprint density at radius 2 is 1.86 bits per heavy atom. The summed E-state index contributed by atoms with van der Waals surface area (Å²) in [7, 11) is 2.05. The number of nitrogens with zero attached hydrogens (tertiary/aromatic N) is 4. The molecule has 0 radical (unpaired) electrons. The van der Waals surface area contributed by atoms with Crippen LogP contribution in [0.4, 0.5) is 16.0 Å². The molecule has 0 bridgehead atoms. The van der Waals surface area contributed by atoms with Crippen LogP contribution in [0.3, 0.4) is 0 Å². The molecule has 1 heterocycles. The van der Waals surface area contributed by atoms with Gasteiger partial charge in [0.1, 0.15) is 5.82 Å². The molecule has 1 aliphatic carbocycles. The van der Waals surface area contributed by atoms with Crippen LogP contribution in [0, 0.1) is 30.5 Å². The summed E-state index contributed by atoms with van der Waals surface area (Å²) in [5.41, 5.74) is 5.08. The molecule has 1 fully saturated rings. The number of unbranched alkanes of at least 4 members (excludes halogenated alkanes) is 2. The van der Waals surface area contributed by atoms with Gasteiger partial charge >= 0.3 is 0 Å². The van der Waals surface area contributed by atoms with Gasteiger partial charge in [0.05, 0.1) is 12.5 Å². The highest BCUT2D eigenvalue weighted by Crippen LogP contribution is 2.30. The molecule has 1 atom stereocenters. The average molecular weight is 524 g/mol. The summed E-state index contributed by atoms with van der Waals surface area (Å²) in [6.45, 7) is 8.25. The average Bonchev–Trinajstić information content (AvgIpc) is 3.37. The van der Waals surface area contributed by atoms with E-state index in [1.165, 1.54) is 19.3 Å². The number of hydroxylamine groups is 2. The van der Waals surface area contributed by atoms with E-state index in [-0.39, 0.29) is 24.6 Å². The van der Waals surface area contributed by atoms with Crippen LogP contribution in [-0.2, 0) is 9.59 Å². The Morgan fingerprint density at radius 1 is 1.16 bits per heavy atom. The minimum atomic E-state index is -0.689. The van der Waals surface area contributed by atoms with Gasteiger partial charge in [-0.3, -0.25) is 25.6 Å². The van der Waals surface area contributed by atoms with Crippen LogP contribution in [0.5, 0.6) is 0 Å². The summed E-state index contributed by atoms with van der Waals surface area (Å²) < 4.78 is 15.1.